The molecule has 2 aliphatic rings. The Bertz CT molecular complexity index is 480. The highest BCUT2D eigenvalue weighted by Gasteiger charge is 2.57. The Morgan fingerprint density at radius 1 is 1.30 bits per heavy atom. The Hall–Kier alpha value is -1.02. The fraction of sp³-hybridized carbons (Fsp3) is 0.667. The number of nitrogens with one attached hydrogen (secondary N) is 1. The predicted octanol–water partition coefficient (Wildman–Crippen LogP) is 4.43. The van der Waals surface area contributed by atoms with Gasteiger partial charge in [-0.05, 0) is 36.5 Å². The van der Waals surface area contributed by atoms with Crippen LogP contribution in [-0.2, 0) is 4.74 Å². The summed E-state index contributed by atoms with van der Waals surface area (Å²) in [7, 11) is 0. The summed E-state index contributed by atoms with van der Waals surface area (Å²) in [5.41, 5.74) is 2.90. The van der Waals surface area contributed by atoms with Crippen LogP contribution in [0, 0.1) is 11.3 Å². The van der Waals surface area contributed by atoms with E-state index in [0.29, 0.717) is 24.0 Å². The minimum absolute atomic E-state index is 0.235. The zero-order valence-corrected chi connectivity index (χ0v) is 13.1. The number of hydrogen-bond acceptors (Lipinski definition) is 2. The molecule has 3 unspecified atom stereocenters. The molecule has 0 amide bonds. The summed E-state index contributed by atoms with van der Waals surface area (Å²) >= 11 is 0. The third-order valence-electron chi connectivity index (χ3n) is 5.21. The molecule has 1 aliphatic heterocycles. The van der Waals surface area contributed by atoms with Crippen molar-refractivity contribution in [3.63, 3.8) is 0 Å². The SMILES string of the molecule is CC(C)c1cccc(NC2C3CCCOC3C2(C)C)c1. The molecule has 1 aromatic rings. The lowest BCUT2D eigenvalue weighted by Gasteiger charge is -2.60. The fourth-order valence-electron chi connectivity index (χ4n) is 3.98. The summed E-state index contributed by atoms with van der Waals surface area (Å²) in [5, 5.41) is 3.78. The number of fused-ring (bicyclic) bond motifs is 1. The van der Waals surface area contributed by atoms with Crippen LogP contribution in [0.15, 0.2) is 24.3 Å². The molecule has 1 saturated heterocycles. The number of hydrogen-bond donors (Lipinski definition) is 1. The Morgan fingerprint density at radius 2 is 2.10 bits per heavy atom. The van der Waals surface area contributed by atoms with Crippen molar-refractivity contribution in [3.05, 3.63) is 29.8 Å². The topological polar surface area (TPSA) is 21.3 Å². The summed E-state index contributed by atoms with van der Waals surface area (Å²) in [6.45, 7) is 10.1. The molecule has 1 heterocycles. The molecule has 2 nitrogen and oxygen atoms in total. The molecule has 110 valence electrons. The van der Waals surface area contributed by atoms with Crippen LogP contribution in [0.5, 0.6) is 0 Å². The van der Waals surface area contributed by atoms with Gasteiger partial charge in [-0.1, -0.05) is 39.8 Å². The quantitative estimate of drug-likeness (QED) is 0.880. The highest BCUT2D eigenvalue weighted by Crippen LogP contribution is 2.52. The predicted molar refractivity (Wildman–Crippen MR) is 84.2 cm³/mol. The highest BCUT2D eigenvalue weighted by molar-refractivity contribution is 5.48. The molecule has 1 saturated carbocycles. The van der Waals surface area contributed by atoms with E-state index in [2.05, 4.69) is 57.3 Å². The minimum Gasteiger partial charge on any atom is -0.381 e. The van der Waals surface area contributed by atoms with Crippen LogP contribution in [0.3, 0.4) is 0 Å². The zero-order valence-electron chi connectivity index (χ0n) is 13.1. The van der Waals surface area contributed by atoms with E-state index >= 15 is 0 Å². The van der Waals surface area contributed by atoms with Crippen molar-refractivity contribution in [2.45, 2.75) is 58.6 Å². The second-order valence-electron chi connectivity index (χ2n) is 7.32. The van der Waals surface area contributed by atoms with Crippen molar-refractivity contribution in [2.75, 3.05) is 11.9 Å². The van der Waals surface area contributed by atoms with Gasteiger partial charge in [-0.15, -0.1) is 0 Å². The Kier molecular flexibility index (Phi) is 3.53. The van der Waals surface area contributed by atoms with Crippen LogP contribution >= 0.6 is 0 Å². The van der Waals surface area contributed by atoms with E-state index in [1.165, 1.54) is 24.1 Å². The van der Waals surface area contributed by atoms with Gasteiger partial charge in [0.15, 0.2) is 0 Å². The second kappa shape index (κ2) is 5.07. The first-order chi connectivity index (χ1) is 9.50. The molecular formula is C18H27NO. The van der Waals surface area contributed by atoms with Crippen molar-refractivity contribution in [2.24, 2.45) is 11.3 Å². The van der Waals surface area contributed by atoms with E-state index in [4.69, 9.17) is 4.74 Å². The van der Waals surface area contributed by atoms with Gasteiger partial charge in [0.2, 0.25) is 0 Å². The van der Waals surface area contributed by atoms with Crippen LogP contribution in [0.25, 0.3) is 0 Å². The fourth-order valence-corrected chi connectivity index (χ4v) is 3.98. The van der Waals surface area contributed by atoms with Crippen molar-refractivity contribution in [1.82, 2.24) is 0 Å². The van der Waals surface area contributed by atoms with Gasteiger partial charge in [-0.25, -0.2) is 0 Å². The summed E-state index contributed by atoms with van der Waals surface area (Å²) in [4.78, 5) is 0. The lowest BCUT2D eigenvalue weighted by Crippen LogP contribution is -2.67. The molecule has 1 aliphatic carbocycles. The summed E-state index contributed by atoms with van der Waals surface area (Å²) < 4.78 is 5.98. The summed E-state index contributed by atoms with van der Waals surface area (Å²) in [6, 6.07) is 9.42. The lowest BCUT2D eigenvalue weighted by atomic mass is 9.55. The molecule has 20 heavy (non-hydrogen) atoms. The average molecular weight is 273 g/mol. The van der Waals surface area contributed by atoms with Crippen molar-refractivity contribution >= 4 is 5.69 Å². The van der Waals surface area contributed by atoms with Gasteiger partial charge in [-0.2, -0.15) is 0 Å². The van der Waals surface area contributed by atoms with Crippen molar-refractivity contribution in [3.8, 4) is 0 Å². The maximum atomic E-state index is 5.98. The van der Waals surface area contributed by atoms with E-state index in [-0.39, 0.29) is 5.41 Å². The normalized spacial score (nSPS) is 31.6. The lowest BCUT2D eigenvalue weighted by molar-refractivity contribution is -0.177. The zero-order chi connectivity index (χ0) is 14.3. The number of benzene rings is 1. The number of anilines is 1. The molecule has 1 aromatic carbocycles. The Balaban J connectivity index is 1.76. The largest absolute Gasteiger partial charge is 0.381 e. The van der Waals surface area contributed by atoms with Gasteiger partial charge in [0.25, 0.3) is 0 Å². The van der Waals surface area contributed by atoms with Crippen molar-refractivity contribution < 1.29 is 4.74 Å². The first kappa shape index (κ1) is 13.9. The van der Waals surface area contributed by atoms with Crippen LogP contribution in [-0.4, -0.2) is 18.8 Å². The maximum absolute atomic E-state index is 5.98. The third-order valence-corrected chi connectivity index (χ3v) is 5.21. The maximum Gasteiger partial charge on any atom is 0.0693 e. The molecule has 1 N–H and O–H groups in total. The molecule has 0 bridgehead atoms. The van der Waals surface area contributed by atoms with Crippen LogP contribution < -0.4 is 5.32 Å². The summed E-state index contributed by atoms with van der Waals surface area (Å²) in [5.74, 6) is 1.26. The van der Waals surface area contributed by atoms with Gasteiger partial charge >= 0.3 is 0 Å². The monoisotopic (exact) mass is 273 g/mol. The molecule has 3 rings (SSSR count). The van der Waals surface area contributed by atoms with Crippen LogP contribution in [0.1, 0.15) is 52.0 Å². The van der Waals surface area contributed by atoms with E-state index in [1.54, 1.807) is 0 Å². The molecule has 2 heteroatoms. The first-order valence-corrected chi connectivity index (χ1v) is 7.98. The molecular weight excluding hydrogens is 246 g/mol. The minimum atomic E-state index is 0.235. The molecule has 2 fully saturated rings. The van der Waals surface area contributed by atoms with Crippen molar-refractivity contribution in [1.29, 1.82) is 0 Å². The molecule has 0 aromatic heterocycles. The Morgan fingerprint density at radius 3 is 2.85 bits per heavy atom. The van der Waals surface area contributed by atoms with Gasteiger partial charge in [-0.3, -0.25) is 0 Å². The van der Waals surface area contributed by atoms with Crippen LogP contribution in [0.2, 0.25) is 0 Å². The average Bonchev–Trinajstić information content (AvgIpc) is 2.45. The standard InChI is InChI=1S/C18H27NO/c1-12(2)13-7-5-8-14(11-13)19-16-15-9-6-10-20-17(15)18(16,3)4/h5,7-8,11-12,15-17,19H,6,9-10H2,1-4H3. The van der Waals surface area contributed by atoms with Crippen LogP contribution in [0.4, 0.5) is 5.69 Å². The number of rotatable bonds is 3. The third kappa shape index (κ3) is 2.24. The molecule has 0 spiro atoms. The van der Waals surface area contributed by atoms with Gasteiger partial charge in [0.1, 0.15) is 0 Å². The van der Waals surface area contributed by atoms with E-state index in [1.807, 2.05) is 0 Å². The molecule has 0 radical (unpaired) electrons. The molecule has 3 atom stereocenters. The summed E-state index contributed by atoms with van der Waals surface area (Å²) in [6.07, 6.45) is 2.96. The number of ether oxygens (including phenoxy) is 1. The van der Waals surface area contributed by atoms with E-state index in [0.717, 1.165) is 6.61 Å². The van der Waals surface area contributed by atoms with E-state index in [9.17, 15) is 0 Å². The second-order valence-corrected chi connectivity index (χ2v) is 7.32. The van der Waals surface area contributed by atoms with Gasteiger partial charge in [0, 0.05) is 29.7 Å². The smallest absolute Gasteiger partial charge is 0.0693 e. The Labute approximate surface area is 122 Å². The van der Waals surface area contributed by atoms with E-state index < -0.39 is 0 Å². The highest BCUT2D eigenvalue weighted by atomic mass is 16.5. The first-order valence-electron chi connectivity index (χ1n) is 7.98. The van der Waals surface area contributed by atoms with Gasteiger partial charge < -0.3 is 10.1 Å². The van der Waals surface area contributed by atoms with Gasteiger partial charge in [0.05, 0.1) is 6.10 Å².